The van der Waals surface area contributed by atoms with E-state index in [0.29, 0.717) is 12.6 Å². The van der Waals surface area contributed by atoms with E-state index in [0.717, 1.165) is 10.4 Å². The molecule has 1 aliphatic rings. The van der Waals surface area contributed by atoms with Crippen LogP contribution >= 0.6 is 11.3 Å². The Morgan fingerprint density at radius 3 is 2.81 bits per heavy atom. The maximum atomic E-state index is 11.7. The summed E-state index contributed by atoms with van der Waals surface area (Å²) in [5.74, 6) is 0.445. The number of carbonyl (C=O) groups excluding carboxylic acids is 1. The van der Waals surface area contributed by atoms with Gasteiger partial charge in [-0.2, -0.15) is 0 Å². The van der Waals surface area contributed by atoms with Crippen molar-refractivity contribution in [2.24, 2.45) is 4.99 Å². The molecule has 1 aromatic heterocycles. The van der Waals surface area contributed by atoms with Crippen molar-refractivity contribution in [3.63, 3.8) is 0 Å². The van der Waals surface area contributed by atoms with Crippen molar-refractivity contribution in [1.82, 2.24) is 4.90 Å². The van der Waals surface area contributed by atoms with Crippen LogP contribution in [-0.2, 0) is 4.74 Å². The molecule has 1 amide bonds. The van der Waals surface area contributed by atoms with Crippen molar-refractivity contribution >= 4 is 23.3 Å². The van der Waals surface area contributed by atoms with Gasteiger partial charge >= 0.3 is 6.09 Å². The van der Waals surface area contributed by atoms with Crippen LogP contribution in [0.2, 0.25) is 0 Å². The summed E-state index contributed by atoms with van der Waals surface area (Å²) in [4.78, 5) is 18.7. The molecule has 2 rings (SSSR count). The summed E-state index contributed by atoms with van der Waals surface area (Å²) in [6.45, 7) is 6.25. The molecule has 0 saturated heterocycles. The maximum absolute atomic E-state index is 11.7. The minimum Gasteiger partial charge on any atom is -0.391 e. The lowest BCUT2D eigenvalue weighted by Crippen LogP contribution is -2.42. The maximum Gasteiger partial charge on any atom is 0.418 e. The van der Waals surface area contributed by atoms with Crippen molar-refractivity contribution in [1.29, 1.82) is 0 Å². The van der Waals surface area contributed by atoms with Crippen molar-refractivity contribution in [3.8, 4) is 0 Å². The summed E-state index contributed by atoms with van der Waals surface area (Å²) < 4.78 is 5.23. The molecule has 5 heteroatoms. The first-order valence-corrected chi connectivity index (χ1v) is 6.05. The van der Waals surface area contributed by atoms with Gasteiger partial charge in [0, 0.05) is 10.9 Å². The lowest BCUT2D eigenvalue weighted by Gasteiger charge is -2.27. The Morgan fingerprint density at radius 2 is 2.31 bits per heavy atom. The van der Waals surface area contributed by atoms with Crippen LogP contribution in [0.15, 0.2) is 16.4 Å². The highest BCUT2D eigenvalue weighted by molar-refractivity contribution is 7.10. The second kappa shape index (κ2) is 4.25. The average molecular weight is 238 g/mol. The number of amides is 1. The highest BCUT2D eigenvalue weighted by atomic mass is 32.1. The van der Waals surface area contributed by atoms with E-state index in [2.05, 4.69) is 4.99 Å². The molecule has 86 valence electrons. The topological polar surface area (TPSA) is 41.9 Å². The molecular formula is C11H14N2O2S. The third kappa shape index (κ3) is 1.95. The second-order valence-corrected chi connectivity index (χ2v) is 5.05. The SMILES string of the molecule is Cc1sccc1C1=NCN(C(C)C)C(=O)O1. The zero-order valence-corrected chi connectivity index (χ0v) is 10.4. The normalized spacial score (nSPS) is 16.4. The van der Waals surface area contributed by atoms with E-state index in [4.69, 9.17) is 4.74 Å². The number of nitrogens with zero attached hydrogens (tertiary/aromatic N) is 2. The molecule has 0 N–H and O–H groups in total. The molecule has 0 saturated carbocycles. The zero-order chi connectivity index (χ0) is 11.7. The Hall–Kier alpha value is -1.36. The lowest BCUT2D eigenvalue weighted by molar-refractivity contribution is 0.128. The average Bonchev–Trinajstić information content (AvgIpc) is 2.63. The molecule has 1 aliphatic heterocycles. The van der Waals surface area contributed by atoms with Gasteiger partial charge in [-0.05, 0) is 32.2 Å². The van der Waals surface area contributed by atoms with Crippen molar-refractivity contribution in [2.75, 3.05) is 6.67 Å². The molecule has 0 atom stereocenters. The van der Waals surface area contributed by atoms with Gasteiger partial charge in [-0.3, -0.25) is 4.90 Å². The molecular weight excluding hydrogens is 224 g/mol. The Bertz CT molecular complexity index is 437. The van der Waals surface area contributed by atoms with Crippen LogP contribution in [0.4, 0.5) is 4.79 Å². The van der Waals surface area contributed by atoms with Gasteiger partial charge in [0.2, 0.25) is 5.90 Å². The Kier molecular flexibility index (Phi) is 2.96. The predicted molar refractivity (Wildman–Crippen MR) is 63.9 cm³/mol. The largest absolute Gasteiger partial charge is 0.418 e. The van der Waals surface area contributed by atoms with E-state index in [1.165, 1.54) is 0 Å². The smallest absolute Gasteiger partial charge is 0.391 e. The van der Waals surface area contributed by atoms with E-state index in [9.17, 15) is 4.79 Å². The highest BCUT2D eigenvalue weighted by Crippen LogP contribution is 2.19. The number of hydrogen-bond acceptors (Lipinski definition) is 4. The van der Waals surface area contributed by atoms with E-state index < -0.39 is 0 Å². The van der Waals surface area contributed by atoms with E-state index in [-0.39, 0.29) is 12.1 Å². The van der Waals surface area contributed by atoms with Gasteiger partial charge in [0.15, 0.2) is 0 Å². The van der Waals surface area contributed by atoms with Gasteiger partial charge in [0.1, 0.15) is 6.67 Å². The molecule has 0 radical (unpaired) electrons. The van der Waals surface area contributed by atoms with Crippen LogP contribution in [0.1, 0.15) is 24.3 Å². The molecule has 0 spiro atoms. The molecule has 16 heavy (non-hydrogen) atoms. The summed E-state index contributed by atoms with van der Waals surface area (Å²) >= 11 is 1.62. The Morgan fingerprint density at radius 1 is 1.56 bits per heavy atom. The van der Waals surface area contributed by atoms with E-state index in [1.54, 1.807) is 16.2 Å². The number of cyclic esters (lactones) is 1. The molecule has 0 aromatic carbocycles. The third-order valence-corrected chi connectivity index (χ3v) is 3.34. The minimum absolute atomic E-state index is 0.112. The van der Waals surface area contributed by atoms with Crippen LogP contribution in [0.25, 0.3) is 0 Å². The molecule has 4 nitrogen and oxygen atoms in total. The van der Waals surface area contributed by atoms with Crippen LogP contribution in [-0.4, -0.2) is 29.6 Å². The molecule has 0 bridgehead atoms. The zero-order valence-electron chi connectivity index (χ0n) is 9.56. The van der Waals surface area contributed by atoms with Gasteiger partial charge < -0.3 is 4.74 Å². The Balaban J connectivity index is 2.22. The quantitative estimate of drug-likeness (QED) is 0.794. The molecule has 1 aromatic rings. The number of hydrogen-bond donors (Lipinski definition) is 0. The highest BCUT2D eigenvalue weighted by Gasteiger charge is 2.26. The summed E-state index contributed by atoms with van der Waals surface area (Å²) in [7, 11) is 0. The standard InChI is InChI=1S/C11H14N2O2S/c1-7(2)13-6-12-10(15-11(13)14)9-4-5-16-8(9)3/h4-5,7H,6H2,1-3H3. The number of rotatable bonds is 2. The van der Waals surface area contributed by atoms with Crippen LogP contribution in [0.3, 0.4) is 0 Å². The monoisotopic (exact) mass is 238 g/mol. The van der Waals surface area contributed by atoms with Gasteiger partial charge in [-0.15, -0.1) is 11.3 Å². The summed E-state index contributed by atoms with van der Waals surface area (Å²) in [6.07, 6.45) is -0.314. The lowest BCUT2D eigenvalue weighted by atomic mass is 10.2. The number of ether oxygens (including phenoxy) is 1. The number of aryl methyl sites for hydroxylation is 1. The van der Waals surface area contributed by atoms with Crippen LogP contribution in [0, 0.1) is 6.92 Å². The number of thiophene rings is 1. The van der Waals surface area contributed by atoms with Gasteiger partial charge in [-0.25, -0.2) is 9.79 Å². The molecule has 0 fully saturated rings. The number of carbonyl (C=O) groups is 1. The minimum atomic E-state index is -0.314. The van der Waals surface area contributed by atoms with Crippen molar-refractivity contribution in [2.45, 2.75) is 26.8 Å². The second-order valence-electron chi connectivity index (χ2n) is 3.93. The summed E-state index contributed by atoms with van der Waals surface area (Å²) in [6, 6.07) is 2.04. The predicted octanol–water partition coefficient (Wildman–Crippen LogP) is 2.62. The fraction of sp³-hybridized carbons (Fsp3) is 0.455. The Labute approximate surface area is 98.6 Å². The molecule has 0 aliphatic carbocycles. The number of aliphatic imine (C=N–C) groups is 1. The van der Waals surface area contributed by atoms with Gasteiger partial charge in [-0.1, -0.05) is 0 Å². The third-order valence-electron chi connectivity index (χ3n) is 2.50. The van der Waals surface area contributed by atoms with Crippen LogP contribution < -0.4 is 0 Å². The van der Waals surface area contributed by atoms with E-state index in [1.807, 2.05) is 32.2 Å². The van der Waals surface area contributed by atoms with Gasteiger partial charge in [0.05, 0.1) is 5.56 Å². The fourth-order valence-corrected chi connectivity index (χ4v) is 2.18. The first kappa shape index (κ1) is 11.1. The first-order chi connectivity index (χ1) is 7.59. The fourth-order valence-electron chi connectivity index (χ4n) is 1.49. The molecule has 0 unspecified atom stereocenters. The summed E-state index contributed by atoms with van der Waals surface area (Å²) in [5.41, 5.74) is 0.918. The van der Waals surface area contributed by atoms with E-state index >= 15 is 0 Å². The first-order valence-electron chi connectivity index (χ1n) is 5.17. The summed E-state index contributed by atoms with van der Waals surface area (Å²) in [5, 5.41) is 1.97. The molecule has 2 heterocycles. The van der Waals surface area contributed by atoms with Gasteiger partial charge in [0.25, 0.3) is 0 Å². The van der Waals surface area contributed by atoms with Crippen molar-refractivity contribution in [3.05, 3.63) is 21.9 Å². The van der Waals surface area contributed by atoms with Crippen molar-refractivity contribution < 1.29 is 9.53 Å². The van der Waals surface area contributed by atoms with Crippen LogP contribution in [0.5, 0.6) is 0 Å².